The Morgan fingerprint density at radius 2 is 2.04 bits per heavy atom. The van der Waals surface area contributed by atoms with Crippen molar-refractivity contribution in [2.75, 3.05) is 13.7 Å². The van der Waals surface area contributed by atoms with E-state index in [2.05, 4.69) is 31.3 Å². The third kappa shape index (κ3) is 2.93. The van der Waals surface area contributed by atoms with Crippen LogP contribution in [0.3, 0.4) is 0 Å². The van der Waals surface area contributed by atoms with Crippen LogP contribution in [-0.4, -0.2) is 36.1 Å². The first kappa shape index (κ1) is 17.0. The van der Waals surface area contributed by atoms with E-state index in [0.29, 0.717) is 6.67 Å². The van der Waals surface area contributed by atoms with E-state index in [9.17, 15) is 9.59 Å². The monoisotopic (exact) mass is 330 g/mol. The summed E-state index contributed by atoms with van der Waals surface area (Å²) in [5, 5.41) is 3.02. The van der Waals surface area contributed by atoms with Gasteiger partial charge in [0, 0.05) is 5.56 Å². The molecule has 1 heterocycles. The fraction of sp³-hybridized carbons (Fsp3) is 0.579. The Morgan fingerprint density at radius 1 is 1.29 bits per heavy atom. The SMILES string of the molecule is Cc1ccccc1C[NH+](C)CN1C(=O)N[C@]2(CCCC[C@@H]2C)C1=O. The van der Waals surface area contributed by atoms with Crippen LogP contribution in [0, 0.1) is 12.8 Å². The van der Waals surface area contributed by atoms with E-state index in [-0.39, 0.29) is 17.9 Å². The molecular weight excluding hydrogens is 302 g/mol. The molecule has 1 aromatic carbocycles. The number of aryl methyl sites for hydroxylation is 1. The van der Waals surface area contributed by atoms with E-state index in [0.717, 1.165) is 37.1 Å². The molecule has 1 aliphatic carbocycles. The quantitative estimate of drug-likeness (QED) is 0.822. The number of nitrogens with zero attached hydrogens (tertiary/aromatic N) is 1. The molecule has 1 spiro atoms. The minimum atomic E-state index is -0.654. The highest BCUT2D eigenvalue weighted by molar-refractivity contribution is 6.07. The van der Waals surface area contributed by atoms with Gasteiger partial charge in [0.1, 0.15) is 12.1 Å². The van der Waals surface area contributed by atoms with E-state index in [1.54, 1.807) is 0 Å². The molecule has 3 atom stereocenters. The number of hydrogen-bond donors (Lipinski definition) is 2. The highest BCUT2D eigenvalue weighted by Gasteiger charge is 2.55. The van der Waals surface area contributed by atoms with Crippen molar-refractivity contribution in [1.82, 2.24) is 10.2 Å². The average molecular weight is 330 g/mol. The summed E-state index contributed by atoms with van der Waals surface area (Å²) < 4.78 is 0. The minimum Gasteiger partial charge on any atom is -0.323 e. The van der Waals surface area contributed by atoms with Gasteiger partial charge in [-0.2, -0.15) is 0 Å². The van der Waals surface area contributed by atoms with Gasteiger partial charge in [-0.05, 0) is 31.2 Å². The minimum absolute atomic E-state index is 0.0242. The molecule has 24 heavy (non-hydrogen) atoms. The third-order valence-corrected chi connectivity index (χ3v) is 5.68. The van der Waals surface area contributed by atoms with Gasteiger partial charge in [-0.1, -0.05) is 44.0 Å². The fourth-order valence-electron chi connectivity index (χ4n) is 4.10. The molecule has 1 saturated carbocycles. The average Bonchev–Trinajstić information content (AvgIpc) is 2.78. The molecule has 1 aliphatic heterocycles. The molecule has 1 saturated heterocycles. The van der Waals surface area contributed by atoms with Crippen LogP contribution >= 0.6 is 0 Å². The highest BCUT2D eigenvalue weighted by atomic mass is 16.2. The van der Waals surface area contributed by atoms with Crippen molar-refractivity contribution in [1.29, 1.82) is 0 Å². The topological polar surface area (TPSA) is 53.9 Å². The van der Waals surface area contributed by atoms with E-state index in [4.69, 9.17) is 0 Å². The number of imide groups is 1. The molecular formula is C19H28N3O2+. The van der Waals surface area contributed by atoms with E-state index in [1.165, 1.54) is 16.0 Å². The summed E-state index contributed by atoms with van der Waals surface area (Å²) >= 11 is 0. The van der Waals surface area contributed by atoms with Gasteiger partial charge in [0.15, 0.2) is 6.67 Å². The van der Waals surface area contributed by atoms with Crippen LogP contribution in [0.15, 0.2) is 24.3 Å². The maximum Gasteiger partial charge on any atom is 0.329 e. The number of urea groups is 1. The first-order valence-corrected chi connectivity index (χ1v) is 8.94. The first-order valence-electron chi connectivity index (χ1n) is 8.94. The van der Waals surface area contributed by atoms with Gasteiger partial charge in [-0.15, -0.1) is 0 Å². The van der Waals surface area contributed by atoms with E-state index in [1.807, 2.05) is 19.2 Å². The summed E-state index contributed by atoms with van der Waals surface area (Å²) in [7, 11) is 2.03. The Bertz CT molecular complexity index is 645. The highest BCUT2D eigenvalue weighted by Crippen LogP contribution is 2.37. The predicted molar refractivity (Wildman–Crippen MR) is 92.4 cm³/mol. The van der Waals surface area contributed by atoms with Gasteiger partial charge in [0.25, 0.3) is 5.91 Å². The summed E-state index contributed by atoms with van der Waals surface area (Å²) in [6.45, 7) is 5.39. The molecule has 0 bridgehead atoms. The van der Waals surface area contributed by atoms with Gasteiger partial charge < -0.3 is 10.2 Å². The lowest BCUT2D eigenvalue weighted by atomic mass is 9.73. The van der Waals surface area contributed by atoms with Crippen molar-refractivity contribution in [2.24, 2.45) is 5.92 Å². The third-order valence-electron chi connectivity index (χ3n) is 5.68. The molecule has 5 nitrogen and oxygen atoms in total. The Hall–Kier alpha value is -1.88. The van der Waals surface area contributed by atoms with Gasteiger partial charge in [0.2, 0.25) is 0 Å². The number of amides is 3. The van der Waals surface area contributed by atoms with Crippen molar-refractivity contribution in [3.05, 3.63) is 35.4 Å². The normalized spacial score (nSPS) is 28.3. The second kappa shape index (κ2) is 6.55. The molecule has 2 N–H and O–H groups in total. The Balaban J connectivity index is 1.70. The predicted octanol–water partition coefficient (Wildman–Crippen LogP) is 1.47. The number of quaternary nitrogens is 1. The van der Waals surface area contributed by atoms with Crippen LogP contribution in [0.4, 0.5) is 4.79 Å². The smallest absolute Gasteiger partial charge is 0.323 e. The van der Waals surface area contributed by atoms with E-state index < -0.39 is 5.54 Å². The Labute approximate surface area is 144 Å². The van der Waals surface area contributed by atoms with Gasteiger partial charge in [0.05, 0.1) is 7.05 Å². The van der Waals surface area contributed by atoms with Crippen molar-refractivity contribution < 1.29 is 14.5 Å². The van der Waals surface area contributed by atoms with Gasteiger partial charge in [-0.25, -0.2) is 9.69 Å². The molecule has 3 rings (SSSR count). The molecule has 1 aromatic rings. The van der Waals surface area contributed by atoms with Crippen LogP contribution in [-0.2, 0) is 11.3 Å². The summed E-state index contributed by atoms with van der Waals surface area (Å²) in [4.78, 5) is 28.0. The molecule has 130 valence electrons. The molecule has 1 unspecified atom stereocenters. The maximum absolute atomic E-state index is 13.0. The van der Waals surface area contributed by atoms with Crippen LogP contribution in [0.1, 0.15) is 43.7 Å². The number of carbonyl (C=O) groups is 2. The molecule has 0 radical (unpaired) electrons. The molecule has 5 heteroatoms. The summed E-state index contributed by atoms with van der Waals surface area (Å²) in [6, 6.07) is 8.03. The van der Waals surface area contributed by atoms with Gasteiger partial charge in [-0.3, -0.25) is 4.79 Å². The zero-order chi connectivity index (χ0) is 17.3. The van der Waals surface area contributed by atoms with Crippen molar-refractivity contribution in [3.8, 4) is 0 Å². The molecule has 2 aliphatic rings. The summed E-state index contributed by atoms with van der Waals surface area (Å²) in [6.07, 6.45) is 3.93. The number of nitrogens with one attached hydrogen (secondary N) is 2. The van der Waals surface area contributed by atoms with Crippen LogP contribution < -0.4 is 10.2 Å². The lowest BCUT2D eigenvalue weighted by Crippen LogP contribution is -3.09. The van der Waals surface area contributed by atoms with Crippen LogP contribution in [0.2, 0.25) is 0 Å². The molecule has 0 aromatic heterocycles. The lowest BCUT2D eigenvalue weighted by Gasteiger charge is -2.36. The van der Waals surface area contributed by atoms with Crippen molar-refractivity contribution in [2.45, 2.75) is 51.6 Å². The van der Waals surface area contributed by atoms with Crippen molar-refractivity contribution >= 4 is 11.9 Å². The number of benzene rings is 1. The first-order chi connectivity index (χ1) is 11.4. The van der Waals surface area contributed by atoms with Crippen LogP contribution in [0.5, 0.6) is 0 Å². The zero-order valence-corrected chi connectivity index (χ0v) is 14.9. The zero-order valence-electron chi connectivity index (χ0n) is 14.9. The molecule has 3 amide bonds. The largest absolute Gasteiger partial charge is 0.329 e. The van der Waals surface area contributed by atoms with Crippen molar-refractivity contribution in [3.63, 3.8) is 0 Å². The van der Waals surface area contributed by atoms with Crippen LogP contribution in [0.25, 0.3) is 0 Å². The number of rotatable bonds is 4. The fourth-order valence-corrected chi connectivity index (χ4v) is 4.10. The lowest BCUT2D eigenvalue weighted by molar-refractivity contribution is -0.901. The summed E-state index contributed by atoms with van der Waals surface area (Å²) in [5.74, 6) is 0.188. The standard InChI is InChI=1S/C19H27N3O2/c1-14-8-4-5-10-16(14)12-21(3)13-22-17(23)19(20-18(22)24)11-7-6-9-15(19)2/h4-5,8,10,15H,6-7,9,11-13H2,1-3H3,(H,20,24)/p+1/t15-,19-/m0/s1. The summed E-state index contributed by atoms with van der Waals surface area (Å²) in [5.41, 5.74) is 1.84. The Morgan fingerprint density at radius 3 is 2.75 bits per heavy atom. The number of hydrogen-bond acceptors (Lipinski definition) is 2. The second-order valence-corrected chi connectivity index (χ2v) is 7.50. The Kier molecular flexibility index (Phi) is 4.63. The second-order valence-electron chi connectivity index (χ2n) is 7.50. The maximum atomic E-state index is 13.0. The molecule has 2 fully saturated rings. The number of carbonyl (C=O) groups excluding carboxylic acids is 2. The van der Waals surface area contributed by atoms with Gasteiger partial charge >= 0.3 is 6.03 Å². The van der Waals surface area contributed by atoms with E-state index >= 15 is 0 Å².